The second-order valence-electron chi connectivity index (χ2n) is 13.9. The average molecular weight is 857 g/mol. The standard InChI is InChI=1S/C43H72O15Si/c1-43(2,3)59(40-11-7-5-8-12-40,41-13-9-6-10-14-41)58-38-37-56-34-33-54-30-29-52-26-25-50-22-21-48-18-17-46-15-16-47-19-20-49-23-24-51-27-28-53-31-32-55-35-36-57-39-42(44)45-4/h5-14H,15-39H2,1-4H3. The topological polar surface area (TPSA) is 146 Å². The molecular formula is C43H72O15Si. The molecule has 2 aromatic rings. The van der Waals surface area contributed by atoms with Crippen LogP contribution in [0.2, 0.25) is 5.04 Å². The molecule has 0 spiro atoms. The second kappa shape index (κ2) is 36.3. The summed E-state index contributed by atoms with van der Waals surface area (Å²) in [6.07, 6.45) is 0. The number of carbonyl (C=O) groups is 1. The fourth-order valence-electron chi connectivity index (χ4n) is 5.65. The van der Waals surface area contributed by atoms with Gasteiger partial charge in [-0.15, -0.1) is 0 Å². The van der Waals surface area contributed by atoms with Crippen LogP contribution in [0.25, 0.3) is 0 Å². The number of hydrogen-bond donors (Lipinski definition) is 0. The molecular weight excluding hydrogens is 785 g/mol. The SMILES string of the molecule is COC(=O)COCCOCCOCCOCCOCCOCCOCCOCCOCCOCCOCCOCCO[Si](c1ccccc1)(c1ccccc1)C(C)(C)C. The Hall–Kier alpha value is -2.39. The molecule has 0 heterocycles. The van der Waals surface area contributed by atoms with Crippen molar-refractivity contribution in [3.63, 3.8) is 0 Å². The molecule has 0 radical (unpaired) electrons. The van der Waals surface area contributed by atoms with Crippen molar-refractivity contribution in [2.45, 2.75) is 25.8 Å². The number of esters is 1. The smallest absolute Gasteiger partial charge is 0.331 e. The van der Waals surface area contributed by atoms with Crippen molar-refractivity contribution in [2.75, 3.05) is 172 Å². The first-order chi connectivity index (χ1) is 28.9. The molecule has 0 aliphatic heterocycles. The summed E-state index contributed by atoms with van der Waals surface area (Å²) in [6.45, 7) is 18.2. The summed E-state index contributed by atoms with van der Waals surface area (Å²) >= 11 is 0. The monoisotopic (exact) mass is 856 g/mol. The van der Waals surface area contributed by atoms with E-state index < -0.39 is 14.3 Å². The molecule has 0 aliphatic rings. The van der Waals surface area contributed by atoms with E-state index in [4.69, 9.17) is 61.3 Å². The predicted molar refractivity (Wildman–Crippen MR) is 225 cm³/mol. The Morgan fingerprint density at radius 2 is 0.627 bits per heavy atom. The molecule has 0 saturated carbocycles. The zero-order valence-corrected chi connectivity index (χ0v) is 37.1. The third kappa shape index (κ3) is 25.9. The molecule has 0 fully saturated rings. The van der Waals surface area contributed by atoms with Crippen molar-refractivity contribution in [3.8, 4) is 0 Å². The molecule has 59 heavy (non-hydrogen) atoms. The molecule has 0 unspecified atom stereocenters. The van der Waals surface area contributed by atoms with Gasteiger partial charge in [0.25, 0.3) is 8.32 Å². The molecule has 0 N–H and O–H groups in total. The van der Waals surface area contributed by atoms with Crippen LogP contribution in [0.1, 0.15) is 20.8 Å². The molecule has 15 nitrogen and oxygen atoms in total. The Balaban J connectivity index is 1.26. The van der Waals surface area contributed by atoms with E-state index in [0.29, 0.717) is 159 Å². The summed E-state index contributed by atoms with van der Waals surface area (Å²) in [7, 11) is -1.23. The van der Waals surface area contributed by atoms with Gasteiger partial charge in [-0.1, -0.05) is 81.4 Å². The lowest BCUT2D eigenvalue weighted by molar-refractivity contribution is -0.146. The molecule has 0 saturated heterocycles. The van der Waals surface area contributed by atoms with Gasteiger partial charge < -0.3 is 66.0 Å². The molecule has 338 valence electrons. The van der Waals surface area contributed by atoms with Crippen LogP contribution in [0.3, 0.4) is 0 Å². The number of hydrogen-bond acceptors (Lipinski definition) is 15. The number of rotatable bonds is 41. The minimum atomic E-state index is -2.55. The first kappa shape index (κ1) is 52.7. The first-order valence-electron chi connectivity index (χ1n) is 20.7. The van der Waals surface area contributed by atoms with E-state index in [1.165, 1.54) is 17.5 Å². The largest absolute Gasteiger partial charge is 0.467 e. The average Bonchev–Trinajstić information content (AvgIpc) is 3.24. The summed E-state index contributed by atoms with van der Waals surface area (Å²) in [4.78, 5) is 10.9. The lowest BCUT2D eigenvalue weighted by Crippen LogP contribution is -2.66. The van der Waals surface area contributed by atoms with Gasteiger partial charge in [-0.3, -0.25) is 0 Å². The molecule has 2 aromatic carbocycles. The summed E-state index contributed by atoms with van der Waals surface area (Å²) in [5.41, 5.74) is 0. The van der Waals surface area contributed by atoms with E-state index >= 15 is 0 Å². The highest BCUT2D eigenvalue weighted by atomic mass is 28.4. The molecule has 0 amide bonds. The van der Waals surface area contributed by atoms with Gasteiger partial charge in [0.2, 0.25) is 0 Å². The van der Waals surface area contributed by atoms with Crippen LogP contribution >= 0.6 is 0 Å². The van der Waals surface area contributed by atoms with Crippen LogP contribution in [0.15, 0.2) is 60.7 Å². The Morgan fingerprint density at radius 3 is 0.864 bits per heavy atom. The maximum atomic E-state index is 10.9. The van der Waals surface area contributed by atoms with E-state index in [1.54, 1.807) is 0 Å². The van der Waals surface area contributed by atoms with Gasteiger partial charge in [0.05, 0.1) is 166 Å². The van der Waals surface area contributed by atoms with Gasteiger partial charge in [-0.25, -0.2) is 4.79 Å². The maximum absolute atomic E-state index is 10.9. The van der Waals surface area contributed by atoms with Crippen LogP contribution in [0.4, 0.5) is 0 Å². The van der Waals surface area contributed by atoms with E-state index in [9.17, 15) is 4.79 Å². The Labute approximate surface area is 353 Å². The summed E-state index contributed by atoms with van der Waals surface area (Å²) in [5.74, 6) is -0.409. The van der Waals surface area contributed by atoms with Gasteiger partial charge in [0.15, 0.2) is 0 Å². The van der Waals surface area contributed by atoms with Gasteiger partial charge >= 0.3 is 5.97 Å². The maximum Gasteiger partial charge on any atom is 0.331 e. The highest BCUT2D eigenvalue weighted by molar-refractivity contribution is 6.99. The van der Waals surface area contributed by atoms with Crippen LogP contribution in [-0.2, 0) is 70.8 Å². The summed E-state index contributed by atoms with van der Waals surface area (Å²) in [6, 6.07) is 21.3. The normalized spacial score (nSPS) is 12.0. The van der Waals surface area contributed by atoms with Gasteiger partial charge in [-0.2, -0.15) is 0 Å². The van der Waals surface area contributed by atoms with Crippen LogP contribution in [0, 0.1) is 0 Å². The second-order valence-corrected chi connectivity index (χ2v) is 18.2. The van der Waals surface area contributed by atoms with Crippen molar-refractivity contribution in [1.82, 2.24) is 0 Å². The lowest BCUT2D eigenvalue weighted by Gasteiger charge is -2.43. The molecule has 0 aliphatic carbocycles. The van der Waals surface area contributed by atoms with Crippen LogP contribution < -0.4 is 10.4 Å². The van der Waals surface area contributed by atoms with E-state index in [0.717, 1.165) is 0 Å². The summed E-state index contributed by atoms with van der Waals surface area (Å²) in [5, 5.41) is 2.46. The highest BCUT2D eigenvalue weighted by Gasteiger charge is 2.50. The van der Waals surface area contributed by atoms with Gasteiger partial charge in [0, 0.05) is 0 Å². The van der Waals surface area contributed by atoms with Crippen molar-refractivity contribution in [3.05, 3.63) is 60.7 Å². The van der Waals surface area contributed by atoms with Crippen molar-refractivity contribution >= 4 is 24.7 Å². The Bertz CT molecular complexity index is 1180. The van der Waals surface area contributed by atoms with Gasteiger partial charge in [0.1, 0.15) is 6.61 Å². The van der Waals surface area contributed by atoms with E-state index in [-0.39, 0.29) is 11.6 Å². The third-order valence-electron chi connectivity index (χ3n) is 8.50. The molecule has 0 bridgehead atoms. The number of ether oxygens (including phenoxy) is 13. The predicted octanol–water partition coefficient (Wildman–Crippen LogP) is 2.94. The Morgan fingerprint density at radius 1 is 0.390 bits per heavy atom. The van der Waals surface area contributed by atoms with Crippen LogP contribution in [-0.4, -0.2) is 187 Å². The van der Waals surface area contributed by atoms with Crippen molar-refractivity contribution < 1.29 is 70.8 Å². The molecule has 0 aromatic heterocycles. The Kier molecular flexibility index (Phi) is 32.4. The number of carbonyl (C=O) groups excluding carboxylic acids is 1. The molecule has 2 rings (SSSR count). The first-order valence-corrected chi connectivity index (χ1v) is 22.6. The summed E-state index contributed by atoms with van der Waals surface area (Å²) < 4.78 is 77.3. The minimum Gasteiger partial charge on any atom is -0.467 e. The van der Waals surface area contributed by atoms with E-state index in [2.05, 4.69) is 86.2 Å². The third-order valence-corrected chi connectivity index (χ3v) is 13.5. The quantitative estimate of drug-likeness (QED) is 0.0549. The van der Waals surface area contributed by atoms with Gasteiger partial charge in [-0.05, 0) is 15.4 Å². The fraction of sp³-hybridized carbons (Fsp3) is 0.698. The molecule has 0 atom stereocenters. The fourth-order valence-corrected chi connectivity index (χ4v) is 10.2. The van der Waals surface area contributed by atoms with Crippen LogP contribution in [0.5, 0.6) is 0 Å². The van der Waals surface area contributed by atoms with E-state index in [1.807, 2.05) is 0 Å². The zero-order valence-electron chi connectivity index (χ0n) is 36.1. The lowest BCUT2D eigenvalue weighted by atomic mass is 10.2. The zero-order chi connectivity index (χ0) is 42.4. The molecule has 16 heteroatoms. The minimum absolute atomic E-state index is 0.0622. The van der Waals surface area contributed by atoms with Crippen molar-refractivity contribution in [1.29, 1.82) is 0 Å². The number of benzene rings is 2. The number of methoxy groups -OCH3 is 1. The highest BCUT2D eigenvalue weighted by Crippen LogP contribution is 2.36. The van der Waals surface area contributed by atoms with Crippen molar-refractivity contribution in [2.24, 2.45) is 0 Å².